The number of rotatable bonds is 5. The lowest BCUT2D eigenvalue weighted by Gasteiger charge is -2.13. The Morgan fingerprint density at radius 2 is 1.64 bits per heavy atom. The van der Waals surface area contributed by atoms with Gasteiger partial charge < -0.3 is 0 Å². The van der Waals surface area contributed by atoms with Crippen molar-refractivity contribution >= 4 is 27.6 Å². The molecule has 0 N–H and O–H groups in total. The van der Waals surface area contributed by atoms with Crippen LogP contribution in [0.5, 0.6) is 0 Å². The summed E-state index contributed by atoms with van der Waals surface area (Å²) in [5, 5.41) is 0. The molecule has 0 saturated heterocycles. The summed E-state index contributed by atoms with van der Waals surface area (Å²) in [4.78, 5) is 0. The van der Waals surface area contributed by atoms with E-state index in [0.717, 1.165) is 11.8 Å². The van der Waals surface area contributed by atoms with E-state index in [1.807, 2.05) is 0 Å². The molecular weight excluding hydrogens is 266 g/mol. The third-order valence-electron chi connectivity index (χ3n) is 1.51. The van der Waals surface area contributed by atoms with Crippen molar-refractivity contribution in [1.29, 1.82) is 0 Å². The van der Waals surface area contributed by atoms with E-state index < -0.39 is 0 Å². The predicted octanol–water partition coefficient (Wildman–Crippen LogP) is 4.52. The van der Waals surface area contributed by atoms with Gasteiger partial charge in [0.05, 0.1) is 0 Å². The van der Waals surface area contributed by atoms with E-state index in [0.29, 0.717) is 5.56 Å². The van der Waals surface area contributed by atoms with Crippen LogP contribution in [-0.4, -0.2) is 12.3 Å². The molecule has 0 spiro atoms. The van der Waals surface area contributed by atoms with Gasteiger partial charge in [-0.3, -0.25) is 0 Å². The maximum atomic E-state index is 2.65. The summed E-state index contributed by atoms with van der Waals surface area (Å²) in [7, 11) is 0. The van der Waals surface area contributed by atoms with E-state index in [9.17, 15) is 0 Å². The van der Waals surface area contributed by atoms with Crippen molar-refractivity contribution in [3.63, 3.8) is 0 Å². The van der Waals surface area contributed by atoms with E-state index in [4.69, 9.17) is 0 Å². The van der Waals surface area contributed by atoms with Crippen molar-refractivity contribution in [2.24, 2.45) is 11.8 Å². The van der Waals surface area contributed by atoms with Crippen LogP contribution in [0.3, 0.4) is 0 Å². The molecule has 0 aliphatic rings. The fraction of sp³-hybridized carbons (Fsp3) is 1.00. The van der Waals surface area contributed by atoms with Crippen LogP contribution in [0.15, 0.2) is 0 Å². The topological polar surface area (TPSA) is 0 Å². The second-order valence-electron chi connectivity index (χ2n) is 3.95. The van der Waals surface area contributed by atoms with Crippen LogP contribution in [0.2, 0.25) is 0 Å². The molecule has 1 atom stereocenters. The first-order valence-electron chi connectivity index (χ1n) is 4.43. The summed E-state index contributed by atoms with van der Waals surface area (Å²) >= 11 is 2.65. The first kappa shape index (κ1) is 12.2. The van der Waals surface area contributed by atoms with E-state index >= 15 is 0 Å². The molecule has 0 saturated carbocycles. The highest BCUT2D eigenvalue weighted by atomic mass is 127. The van der Waals surface area contributed by atoms with Crippen LogP contribution in [0.25, 0.3) is 0 Å². The van der Waals surface area contributed by atoms with Crippen LogP contribution in [0.4, 0.5) is 0 Å². The van der Waals surface area contributed by atoms with Gasteiger partial charge in [-0.15, -0.1) is 0 Å². The number of hydrogen-bond donors (Lipinski definition) is 0. The Labute approximate surface area is 85.8 Å². The van der Waals surface area contributed by atoms with Crippen LogP contribution < -0.4 is 0 Å². The van der Waals surface area contributed by atoms with Crippen LogP contribution in [0.1, 0.15) is 34.1 Å². The molecule has 0 aromatic rings. The van der Waals surface area contributed by atoms with E-state index in [-0.39, 0.29) is 0 Å². The van der Waals surface area contributed by atoms with Crippen molar-refractivity contribution in [1.82, 2.24) is 0 Å². The van der Waals surface area contributed by atoms with Crippen molar-refractivity contribution in [2.45, 2.75) is 34.1 Å². The number of halogens is 1. The molecule has 0 aliphatic heterocycles. The summed E-state index contributed by atoms with van der Waals surface area (Å²) in [6.07, 6.45) is 4.33. The molecule has 2 heteroatoms. The largest absolute Gasteiger partial charge is 0.0628 e. The molecular formula is C9H20IP. The smallest absolute Gasteiger partial charge is 0.0212 e. The van der Waals surface area contributed by atoms with Gasteiger partial charge in [-0.25, -0.2) is 0 Å². The summed E-state index contributed by atoms with van der Waals surface area (Å²) < 4.78 is 0. The Hall–Kier alpha value is 1.16. The first-order valence-corrected chi connectivity index (χ1v) is 8.92. The van der Waals surface area contributed by atoms with Crippen LogP contribution in [0, 0.1) is 11.8 Å². The first-order chi connectivity index (χ1) is 5.02. The molecule has 0 radical (unpaired) electrons. The molecule has 0 aromatic heterocycles. The van der Waals surface area contributed by atoms with Gasteiger partial charge in [-0.2, -0.15) is 0 Å². The molecule has 0 aliphatic carbocycles. The van der Waals surface area contributed by atoms with Crippen LogP contribution >= 0.6 is 27.6 Å². The van der Waals surface area contributed by atoms with Crippen molar-refractivity contribution in [3.05, 3.63) is 0 Å². The minimum Gasteiger partial charge on any atom is -0.0628 e. The Morgan fingerprint density at radius 1 is 1.09 bits per heavy atom. The fourth-order valence-corrected chi connectivity index (χ4v) is 5.86. The lowest BCUT2D eigenvalue weighted by Crippen LogP contribution is -1.96. The van der Waals surface area contributed by atoms with Gasteiger partial charge in [0, 0.05) is 0 Å². The Morgan fingerprint density at radius 3 is 2.00 bits per heavy atom. The molecule has 0 nitrogen and oxygen atoms in total. The summed E-state index contributed by atoms with van der Waals surface area (Å²) in [6.45, 7) is 9.27. The molecule has 0 heterocycles. The second-order valence-corrected chi connectivity index (χ2v) is 9.78. The van der Waals surface area contributed by atoms with Gasteiger partial charge in [0.2, 0.25) is 0 Å². The minimum atomic E-state index is 0.317. The fourth-order valence-electron chi connectivity index (χ4n) is 0.886. The monoisotopic (exact) mass is 286 g/mol. The van der Waals surface area contributed by atoms with Crippen LogP contribution in [-0.2, 0) is 0 Å². The SMILES string of the molecule is CC(C)CCP(I)CC(C)C. The highest BCUT2D eigenvalue weighted by Gasteiger charge is 2.06. The molecule has 1 unspecified atom stereocenters. The normalized spacial score (nSPS) is 14.5. The Balaban J connectivity index is 3.29. The minimum absolute atomic E-state index is 0.317. The predicted molar refractivity (Wildman–Crippen MR) is 65.0 cm³/mol. The summed E-state index contributed by atoms with van der Waals surface area (Å²) in [5.74, 6) is 1.78. The lowest BCUT2D eigenvalue weighted by molar-refractivity contribution is 0.629. The molecule has 0 aromatic carbocycles. The molecule has 11 heavy (non-hydrogen) atoms. The lowest BCUT2D eigenvalue weighted by atomic mass is 10.2. The standard InChI is InChI=1S/C9H20IP/c1-8(2)5-6-11(10)7-9(3)4/h8-9H,5-7H2,1-4H3. The maximum Gasteiger partial charge on any atom is -0.0212 e. The Bertz CT molecular complexity index is 91.6. The van der Waals surface area contributed by atoms with Crippen molar-refractivity contribution in [2.75, 3.05) is 12.3 Å². The maximum absolute atomic E-state index is 2.65. The number of hydrogen-bond acceptors (Lipinski definition) is 0. The van der Waals surface area contributed by atoms with Gasteiger partial charge >= 0.3 is 0 Å². The third-order valence-corrected chi connectivity index (χ3v) is 6.01. The second kappa shape index (κ2) is 6.65. The van der Waals surface area contributed by atoms with Gasteiger partial charge in [0.1, 0.15) is 0 Å². The van der Waals surface area contributed by atoms with Gasteiger partial charge in [0.25, 0.3) is 0 Å². The van der Waals surface area contributed by atoms with Gasteiger partial charge in [-0.1, -0.05) is 49.7 Å². The zero-order valence-electron chi connectivity index (χ0n) is 8.10. The summed E-state index contributed by atoms with van der Waals surface area (Å²) in [5.41, 5.74) is 0.317. The van der Waals surface area contributed by atoms with Crippen molar-refractivity contribution < 1.29 is 0 Å². The average Bonchev–Trinajstić information content (AvgIpc) is 1.82. The third kappa shape index (κ3) is 9.07. The zero-order chi connectivity index (χ0) is 8.85. The summed E-state index contributed by atoms with van der Waals surface area (Å²) in [6, 6.07) is 0. The average molecular weight is 286 g/mol. The molecule has 0 amide bonds. The highest BCUT2D eigenvalue weighted by Crippen LogP contribution is 2.47. The molecule has 0 fully saturated rings. The molecule has 0 rings (SSSR count). The molecule has 0 bridgehead atoms. The molecule has 68 valence electrons. The quantitative estimate of drug-likeness (QED) is 0.515. The van der Waals surface area contributed by atoms with E-state index in [1.54, 1.807) is 0 Å². The zero-order valence-corrected chi connectivity index (χ0v) is 11.2. The highest BCUT2D eigenvalue weighted by molar-refractivity contribution is 14.2. The van der Waals surface area contributed by atoms with Gasteiger partial charge in [0.15, 0.2) is 0 Å². The van der Waals surface area contributed by atoms with E-state index in [1.165, 1.54) is 18.7 Å². The van der Waals surface area contributed by atoms with Gasteiger partial charge in [-0.05, 0) is 36.1 Å². The van der Waals surface area contributed by atoms with E-state index in [2.05, 4.69) is 49.7 Å². The Kier molecular flexibility index (Phi) is 7.35. The van der Waals surface area contributed by atoms with Crippen molar-refractivity contribution in [3.8, 4) is 0 Å².